The normalized spacial score (nSPS) is 30.0. The predicted molar refractivity (Wildman–Crippen MR) is 64.6 cm³/mol. The number of ether oxygens (including phenoxy) is 1. The first-order valence-electron chi connectivity index (χ1n) is 6.09. The van der Waals surface area contributed by atoms with Gasteiger partial charge in [0.05, 0.1) is 6.04 Å². The molecule has 4 nitrogen and oxygen atoms in total. The molecule has 0 aromatic heterocycles. The van der Waals surface area contributed by atoms with Gasteiger partial charge in [0.2, 0.25) is 0 Å². The number of hydrogen-bond donors (Lipinski definition) is 2. The minimum absolute atomic E-state index is 0.504. The van der Waals surface area contributed by atoms with E-state index in [1.54, 1.807) is 0 Å². The van der Waals surface area contributed by atoms with Crippen LogP contribution in [-0.4, -0.2) is 43.4 Å². The molecule has 2 rings (SSSR count). The Morgan fingerprint density at radius 3 is 2.81 bits per heavy atom. The van der Waals surface area contributed by atoms with Crippen LogP contribution in [0, 0.1) is 11.3 Å². The average Bonchev–Trinajstić information content (AvgIpc) is 2.28. The van der Waals surface area contributed by atoms with Gasteiger partial charge in [-0.15, -0.1) is 0 Å². The van der Waals surface area contributed by atoms with Crippen LogP contribution in [0.15, 0.2) is 11.5 Å². The molecule has 0 radical (unpaired) electrons. The monoisotopic (exact) mass is 223 g/mol. The fourth-order valence-electron chi connectivity index (χ4n) is 2.31. The lowest BCUT2D eigenvalue weighted by atomic mass is 9.99. The van der Waals surface area contributed by atoms with Gasteiger partial charge in [0.15, 0.2) is 5.88 Å². The highest BCUT2D eigenvalue weighted by Gasteiger charge is 2.32. The first-order valence-corrected chi connectivity index (χ1v) is 6.09. The van der Waals surface area contributed by atoms with Gasteiger partial charge in [0, 0.05) is 31.4 Å². The van der Waals surface area contributed by atoms with E-state index in [1.807, 2.05) is 6.92 Å². The van der Waals surface area contributed by atoms with Crippen molar-refractivity contribution in [1.29, 1.82) is 5.41 Å². The Morgan fingerprint density at radius 2 is 2.38 bits per heavy atom. The van der Waals surface area contributed by atoms with Gasteiger partial charge in [-0.1, -0.05) is 13.8 Å². The largest absolute Gasteiger partial charge is 0.477 e. The van der Waals surface area contributed by atoms with E-state index in [0.29, 0.717) is 6.04 Å². The minimum atomic E-state index is 0.504. The first-order chi connectivity index (χ1) is 7.74. The third-order valence-electron chi connectivity index (χ3n) is 3.37. The molecule has 2 saturated heterocycles. The summed E-state index contributed by atoms with van der Waals surface area (Å²) in [5, 5.41) is 10.6. The van der Waals surface area contributed by atoms with Crippen LogP contribution < -0.4 is 5.32 Å². The molecule has 0 saturated carbocycles. The van der Waals surface area contributed by atoms with E-state index in [4.69, 9.17) is 10.1 Å². The molecule has 90 valence electrons. The van der Waals surface area contributed by atoms with Gasteiger partial charge in [0.25, 0.3) is 0 Å². The molecule has 2 N–H and O–H groups in total. The van der Waals surface area contributed by atoms with Gasteiger partial charge < -0.3 is 15.5 Å². The Morgan fingerprint density at radius 1 is 1.62 bits per heavy atom. The molecule has 0 bridgehead atoms. The molecule has 2 aliphatic rings. The Kier molecular flexibility index (Phi) is 3.49. The van der Waals surface area contributed by atoms with E-state index >= 15 is 0 Å². The average molecular weight is 223 g/mol. The van der Waals surface area contributed by atoms with Crippen LogP contribution in [0.5, 0.6) is 0 Å². The molecule has 1 unspecified atom stereocenters. The van der Waals surface area contributed by atoms with E-state index in [0.717, 1.165) is 36.9 Å². The van der Waals surface area contributed by atoms with Crippen molar-refractivity contribution in [2.45, 2.75) is 26.3 Å². The van der Waals surface area contributed by atoms with Crippen molar-refractivity contribution in [1.82, 2.24) is 10.2 Å². The summed E-state index contributed by atoms with van der Waals surface area (Å²) >= 11 is 0. The lowest BCUT2D eigenvalue weighted by Crippen LogP contribution is -2.57. The number of nitrogens with zero attached hydrogens (tertiary/aromatic N) is 1. The zero-order chi connectivity index (χ0) is 11.5. The number of likely N-dealkylation sites (tertiary alicyclic amines) is 1. The third kappa shape index (κ3) is 2.21. The van der Waals surface area contributed by atoms with Crippen LogP contribution in [0.3, 0.4) is 0 Å². The second-order valence-corrected chi connectivity index (χ2v) is 4.76. The van der Waals surface area contributed by atoms with E-state index < -0.39 is 0 Å². The minimum Gasteiger partial charge on any atom is -0.477 e. The second-order valence-electron chi connectivity index (χ2n) is 4.76. The molecule has 0 aromatic carbocycles. The van der Waals surface area contributed by atoms with E-state index in [1.165, 1.54) is 19.3 Å². The fourth-order valence-corrected chi connectivity index (χ4v) is 2.31. The van der Waals surface area contributed by atoms with Crippen molar-refractivity contribution < 1.29 is 4.74 Å². The molecule has 0 amide bonds. The summed E-state index contributed by atoms with van der Waals surface area (Å²) in [6, 6.07) is 0.504. The van der Waals surface area contributed by atoms with Gasteiger partial charge in [0.1, 0.15) is 6.61 Å². The predicted octanol–water partition coefficient (Wildman–Crippen LogP) is 1.20. The van der Waals surface area contributed by atoms with Crippen LogP contribution >= 0.6 is 0 Å². The zero-order valence-electron chi connectivity index (χ0n) is 10.1. The van der Waals surface area contributed by atoms with Crippen LogP contribution in [0.2, 0.25) is 0 Å². The summed E-state index contributed by atoms with van der Waals surface area (Å²) in [5.74, 6) is 1.65. The highest BCUT2D eigenvalue weighted by atomic mass is 16.5. The Bertz CT molecular complexity index is 285. The maximum atomic E-state index is 7.29. The Labute approximate surface area is 97.2 Å². The van der Waals surface area contributed by atoms with Crippen LogP contribution in [0.1, 0.15) is 20.3 Å². The van der Waals surface area contributed by atoms with Crippen molar-refractivity contribution in [2.24, 2.45) is 5.92 Å². The Balaban J connectivity index is 1.87. The van der Waals surface area contributed by atoms with Crippen molar-refractivity contribution >= 4 is 6.21 Å². The molecule has 0 aromatic rings. The summed E-state index contributed by atoms with van der Waals surface area (Å²) in [4.78, 5) is 2.46. The number of allylic oxidation sites excluding steroid dienone is 1. The third-order valence-corrected chi connectivity index (χ3v) is 3.37. The standard InChI is InChI=1S/C12H21N3O/c1-3-10(4-13)12-14-5-11(8-16-12)15-6-9(2)7-15/h4,9,11,13-14H,3,5-8H2,1-2H3/b12-10+,13-4?. The first kappa shape index (κ1) is 11.5. The molecular formula is C12H21N3O. The maximum absolute atomic E-state index is 7.29. The summed E-state index contributed by atoms with van der Waals surface area (Å²) in [6.45, 7) is 8.41. The summed E-state index contributed by atoms with van der Waals surface area (Å²) in [6.07, 6.45) is 2.23. The van der Waals surface area contributed by atoms with E-state index in [2.05, 4.69) is 17.1 Å². The van der Waals surface area contributed by atoms with E-state index in [9.17, 15) is 0 Å². The van der Waals surface area contributed by atoms with Gasteiger partial charge >= 0.3 is 0 Å². The van der Waals surface area contributed by atoms with Gasteiger partial charge in [-0.2, -0.15) is 0 Å². The SMILES string of the molecule is CC/C(C=N)=C1/NCC(N2CC(C)C2)CO1. The number of rotatable bonds is 3. The van der Waals surface area contributed by atoms with Gasteiger partial charge in [-0.3, -0.25) is 4.90 Å². The smallest absolute Gasteiger partial charge is 0.191 e. The van der Waals surface area contributed by atoms with Crippen molar-refractivity contribution in [2.75, 3.05) is 26.2 Å². The molecule has 0 aliphatic carbocycles. The van der Waals surface area contributed by atoms with Crippen molar-refractivity contribution in [3.63, 3.8) is 0 Å². The molecule has 2 heterocycles. The van der Waals surface area contributed by atoms with Crippen LogP contribution in [0.25, 0.3) is 0 Å². The highest BCUT2D eigenvalue weighted by Crippen LogP contribution is 2.20. The molecule has 16 heavy (non-hydrogen) atoms. The fraction of sp³-hybridized carbons (Fsp3) is 0.750. The topological polar surface area (TPSA) is 48.4 Å². The zero-order valence-corrected chi connectivity index (χ0v) is 10.1. The molecule has 4 heteroatoms. The second kappa shape index (κ2) is 4.87. The Hall–Kier alpha value is -1.03. The highest BCUT2D eigenvalue weighted by molar-refractivity contribution is 5.76. The quantitative estimate of drug-likeness (QED) is 0.707. The number of nitrogens with one attached hydrogen (secondary N) is 2. The lowest BCUT2D eigenvalue weighted by Gasteiger charge is -2.44. The molecule has 1 atom stereocenters. The van der Waals surface area contributed by atoms with Gasteiger partial charge in [-0.25, -0.2) is 0 Å². The summed E-state index contributed by atoms with van der Waals surface area (Å²) in [5.41, 5.74) is 0.954. The van der Waals surface area contributed by atoms with E-state index in [-0.39, 0.29) is 0 Å². The number of hydrogen-bond acceptors (Lipinski definition) is 4. The summed E-state index contributed by atoms with van der Waals surface area (Å²) in [7, 11) is 0. The molecule has 2 aliphatic heterocycles. The maximum Gasteiger partial charge on any atom is 0.191 e. The van der Waals surface area contributed by atoms with Crippen LogP contribution in [-0.2, 0) is 4.74 Å². The van der Waals surface area contributed by atoms with Crippen molar-refractivity contribution in [3.05, 3.63) is 11.5 Å². The molecule has 2 fully saturated rings. The van der Waals surface area contributed by atoms with Crippen LogP contribution in [0.4, 0.5) is 0 Å². The summed E-state index contributed by atoms with van der Waals surface area (Å²) < 4.78 is 5.70. The molecular weight excluding hydrogens is 202 g/mol. The molecule has 0 spiro atoms. The van der Waals surface area contributed by atoms with Crippen molar-refractivity contribution in [3.8, 4) is 0 Å². The van der Waals surface area contributed by atoms with Gasteiger partial charge in [-0.05, 0) is 12.3 Å². The lowest BCUT2D eigenvalue weighted by molar-refractivity contribution is -0.000890.